The molecule has 0 fully saturated rings. The molecule has 1 amide bonds. The number of rotatable bonds is 3. The molecule has 0 N–H and O–H groups in total. The lowest BCUT2D eigenvalue weighted by molar-refractivity contribution is -0.127. The molecule has 3 atom stereocenters. The van der Waals surface area contributed by atoms with Gasteiger partial charge < -0.3 is 9.32 Å². The van der Waals surface area contributed by atoms with Gasteiger partial charge in [0.2, 0.25) is 11.8 Å². The molecule has 4 rings (SSSR count). The first-order valence-electron chi connectivity index (χ1n) is 8.53. The molecule has 2 aromatic heterocycles. The fraction of sp³-hybridized carbons (Fsp3) is 0.300. The van der Waals surface area contributed by atoms with Crippen molar-refractivity contribution >= 4 is 28.8 Å². The van der Waals surface area contributed by atoms with E-state index in [9.17, 15) is 4.79 Å². The Morgan fingerprint density at radius 2 is 2.27 bits per heavy atom. The van der Waals surface area contributed by atoms with Crippen LogP contribution in [0.4, 0.5) is 0 Å². The summed E-state index contributed by atoms with van der Waals surface area (Å²) in [7, 11) is 0. The van der Waals surface area contributed by atoms with Gasteiger partial charge in [0.05, 0.1) is 22.5 Å². The van der Waals surface area contributed by atoms with Crippen LogP contribution in [-0.4, -0.2) is 22.3 Å². The van der Waals surface area contributed by atoms with E-state index in [1.807, 2.05) is 24.0 Å². The summed E-state index contributed by atoms with van der Waals surface area (Å²) in [6.07, 6.45) is 11.4. The van der Waals surface area contributed by atoms with Crippen LogP contribution >= 0.6 is 22.9 Å². The lowest BCUT2D eigenvalue weighted by Crippen LogP contribution is -2.39. The van der Waals surface area contributed by atoms with Crippen LogP contribution in [0.3, 0.4) is 0 Å². The molecule has 2 aromatic rings. The molecule has 6 heteroatoms. The third-order valence-corrected chi connectivity index (χ3v) is 6.28. The van der Waals surface area contributed by atoms with Gasteiger partial charge in [-0.25, -0.2) is 4.98 Å². The Hall–Kier alpha value is -2.11. The second-order valence-electron chi connectivity index (χ2n) is 6.66. The highest BCUT2D eigenvalue weighted by Crippen LogP contribution is 2.46. The first-order chi connectivity index (χ1) is 12.6. The Morgan fingerprint density at radius 1 is 1.46 bits per heavy atom. The molecule has 3 heterocycles. The molecule has 4 nitrogen and oxygen atoms in total. The minimum absolute atomic E-state index is 0.0315. The minimum atomic E-state index is -0.0518. The maximum absolute atomic E-state index is 12.3. The van der Waals surface area contributed by atoms with Gasteiger partial charge in [0.1, 0.15) is 6.26 Å². The maximum atomic E-state index is 12.3. The Labute approximate surface area is 161 Å². The fourth-order valence-corrected chi connectivity index (χ4v) is 5.19. The predicted molar refractivity (Wildman–Crippen MR) is 103 cm³/mol. The van der Waals surface area contributed by atoms with Crippen molar-refractivity contribution in [2.45, 2.75) is 25.3 Å². The Kier molecular flexibility index (Phi) is 4.59. The normalized spacial score (nSPS) is 24.5. The molecule has 26 heavy (non-hydrogen) atoms. The highest BCUT2D eigenvalue weighted by molar-refractivity contribution is 7.16. The zero-order valence-corrected chi connectivity index (χ0v) is 16.0. The zero-order chi connectivity index (χ0) is 18.3. The van der Waals surface area contributed by atoms with Crippen LogP contribution in [0.25, 0.3) is 0 Å². The Balaban J connectivity index is 1.74. The average molecular weight is 387 g/mol. The molecule has 0 radical (unpaired) electrons. The van der Waals surface area contributed by atoms with E-state index in [1.165, 1.54) is 11.6 Å². The second kappa shape index (κ2) is 6.89. The Bertz CT molecular complexity index is 911. The smallest absolute Gasteiger partial charge is 0.246 e. The number of amides is 1. The van der Waals surface area contributed by atoms with E-state index in [-0.39, 0.29) is 23.7 Å². The van der Waals surface area contributed by atoms with Gasteiger partial charge in [-0.1, -0.05) is 42.5 Å². The number of hydrogen-bond acceptors (Lipinski definition) is 4. The first-order valence-corrected chi connectivity index (χ1v) is 9.72. The van der Waals surface area contributed by atoms with Gasteiger partial charge in [-0.05, 0) is 24.6 Å². The van der Waals surface area contributed by atoms with Gasteiger partial charge in [0.15, 0.2) is 0 Å². The van der Waals surface area contributed by atoms with Crippen LogP contribution < -0.4 is 0 Å². The lowest BCUT2D eigenvalue weighted by atomic mass is 9.74. The van der Waals surface area contributed by atoms with Gasteiger partial charge >= 0.3 is 0 Å². The van der Waals surface area contributed by atoms with Crippen molar-refractivity contribution in [1.82, 2.24) is 9.88 Å². The highest BCUT2D eigenvalue weighted by Gasteiger charge is 2.38. The molecule has 1 aliphatic carbocycles. The molecule has 0 aromatic carbocycles. The molecule has 0 saturated carbocycles. The van der Waals surface area contributed by atoms with Gasteiger partial charge in [-0.3, -0.25) is 4.79 Å². The standard InChI is InChI=1S/C20H19ClN2O2S/c1-3-19(24)23-9-16(15-8-18(21)26-17(15)10-23)13-6-4-5-7-14(13)20-22-12(2)11-25-20/h3-8,11,13-14,16H,1,9-10H2,2H3/t13?,14?,16-/m1/s1. The molecule has 2 aliphatic rings. The lowest BCUT2D eigenvalue weighted by Gasteiger charge is -2.38. The number of carbonyl (C=O) groups excluding carboxylic acids is 1. The van der Waals surface area contributed by atoms with Crippen LogP contribution in [0.15, 0.2) is 53.7 Å². The molecule has 2 unspecified atom stereocenters. The number of thiophene rings is 1. The second-order valence-corrected chi connectivity index (χ2v) is 8.43. The average Bonchev–Trinajstić information content (AvgIpc) is 3.24. The quantitative estimate of drug-likeness (QED) is 0.709. The summed E-state index contributed by atoms with van der Waals surface area (Å²) >= 11 is 7.85. The third kappa shape index (κ3) is 3.06. The van der Waals surface area contributed by atoms with Crippen molar-refractivity contribution in [2.24, 2.45) is 5.92 Å². The first kappa shape index (κ1) is 17.3. The molecular weight excluding hydrogens is 368 g/mol. The molecule has 1 aliphatic heterocycles. The fourth-order valence-electron chi connectivity index (χ4n) is 3.83. The predicted octanol–water partition coefficient (Wildman–Crippen LogP) is 4.84. The zero-order valence-electron chi connectivity index (χ0n) is 14.4. The summed E-state index contributed by atoms with van der Waals surface area (Å²) in [5.41, 5.74) is 2.10. The van der Waals surface area contributed by atoms with E-state index in [1.54, 1.807) is 17.6 Å². The number of oxazole rings is 1. The highest BCUT2D eigenvalue weighted by atomic mass is 35.5. The maximum Gasteiger partial charge on any atom is 0.246 e. The van der Waals surface area contributed by atoms with Crippen molar-refractivity contribution in [1.29, 1.82) is 0 Å². The van der Waals surface area contributed by atoms with Crippen LogP contribution in [-0.2, 0) is 11.3 Å². The largest absolute Gasteiger partial charge is 0.448 e. The summed E-state index contributed by atoms with van der Waals surface area (Å²) in [5, 5.41) is 0. The molecule has 0 bridgehead atoms. The number of allylic oxidation sites excluding steroid dienone is 4. The number of nitrogens with zero attached hydrogens (tertiary/aromatic N) is 2. The molecule has 0 saturated heterocycles. The van der Waals surface area contributed by atoms with Crippen LogP contribution in [0.5, 0.6) is 0 Å². The molecule has 0 spiro atoms. The monoisotopic (exact) mass is 386 g/mol. The van der Waals surface area contributed by atoms with Crippen LogP contribution in [0.2, 0.25) is 4.34 Å². The summed E-state index contributed by atoms with van der Waals surface area (Å²) in [4.78, 5) is 19.8. The van der Waals surface area contributed by atoms with Gasteiger partial charge in [-0.15, -0.1) is 11.3 Å². The molecular formula is C20H19ClN2O2S. The topological polar surface area (TPSA) is 46.3 Å². The third-order valence-electron chi connectivity index (χ3n) is 5.01. The van der Waals surface area contributed by atoms with Crippen LogP contribution in [0.1, 0.15) is 33.9 Å². The summed E-state index contributed by atoms with van der Waals surface area (Å²) < 4.78 is 6.45. The van der Waals surface area contributed by atoms with Crippen molar-refractivity contribution in [3.8, 4) is 0 Å². The van der Waals surface area contributed by atoms with E-state index >= 15 is 0 Å². The number of fused-ring (bicyclic) bond motifs is 1. The summed E-state index contributed by atoms with van der Waals surface area (Å²) in [6.45, 7) is 6.77. The van der Waals surface area contributed by atoms with Crippen molar-refractivity contribution < 1.29 is 9.21 Å². The summed E-state index contributed by atoms with van der Waals surface area (Å²) in [6, 6.07) is 2.05. The number of aromatic nitrogens is 1. The van der Waals surface area contributed by atoms with Crippen molar-refractivity contribution in [3.63, 3.8) is 0 Å². The van der Waals surface area contributed by atoms with E-state index in [0.717, 1.165) is 14.9 Å². The summed E-state index contributed by atoms with van der Waals surface area (Å²) in [5.74, 6) is 0.962. The number of hydrogen-bond donors (Lipinski definition) is 0. The van der Waals surface area contributed by atoms with E-state index < -0.39 is 0 Å². The van der Waals surface area contributed by atoms with Gasteiger partial charge in [-0.2, -0.15) is 0 Å². The van der Waals surface area contributed by atoms with Crippen molar-refractivity contribution in [2.75, 3.05) is 6.54 Å². The Morgan fingerprint density at radius 3 is 3.00 bits per heavy atom. The van der Waals surface area contributed by atoms with E-state index in [4.69, 9.17) is 16.0 Å². The SMILES string of the molecule is C=CC(=O)N1Cc2sc(Cl)cc2[C@@H](C2C=CC=CC2c2nc(C)co2)C1. The van der Waals surface area contributed by atoms with E-state index in [0.29, 0.717) is 19.0 Å². The number of aryl methyl sites for hydroxylation is 1. The number of halogens is 1. The van der Waals surface area contributed by atoms with E-state index in [2.05, 4.69) is 29.8 Å². The molecule has 134 valence electrons. The minimum Gasteiger partial charge on any atom is -0.448 e. The van der Waals surface area contributed by atoms with Crippen molar-refractivity contribution in [3.05, 3.63) is 75.7 Å². The van der Waals surface area contributed by atoms with Gasteiger partial charge in [0, 0.05) is 23.3 Å². The number of carbonyl (C=O) groups is 1. The van der Waals surface area contributed by atoms with Crippen LogP contribution in [0, 0.1) is 12.8 Å². The van der Waals surface area contributed by atoms with Gasteiger partial charge in [0.25, 0.3) is 0 Å².